The molecule has 3 rings (SSSR count). The van der Waals surface area contributed by atoms with Crippen LogP contribution in [0.2, 0.25) is 0 Å². The number of alkyl halides is 3. The number of halogens is 3. The van der Waals surface area contributed by atoms with E-state index < -0.39 is 16.0 Å². The fourth-order valence-electron chi connectivity index (χ4n) is 3.60. The molecule has 0 saturated carbocycles. The largest absolute Gasteiger partial charge is 0.392 e. The van der Waals surface area contributed by atoms with Gasteiger partial charge < -0.3 is 24.8 Å². The van der Waals surface area contributed by atoms with Gasteiger partial charge in [0, 0.05) is 30.8 Å². The molecule has 1 aliphatic rings. The number of rotatable bonds is 8. The number of likely N-dealkylation sites (N-methyl/N-ethyl adjacent to an activating group) is 1. The summed E-state index contributed by atoms with van der Waals surface area (Å²) in [4.78, 5) is 14.0. The molecule has 178 valence electrons. The molecule has 9 heteroatoms. The Morgan fingerprint density at radius 3 is 2.36 bits per heavy atom. The molecule has 1 amide bonds. The number of hydrogen-bond acceptors (Lipinski definition) is 5. The first-order valence-electron chi connectivity index (χ1n) is 10.5. The quantitative estimate of drug-likeness (QED) is 0.377. The van der Waals surface area contributed by atoms with Gasteiger partial charge in [-0.25, -0.2) is 0 Å². The molecule has 0 aromatic heterocycles. The van der Waals surface area contributed by atoms with Crippen molar-refractivity contribution in [2.45, 2.75) is 35.3 Å². The summed E-state index contributed by atoms with van der Waals surface area (Å²) in [6.45, 7) is 5.26. The second-order valence-corrected chi connectivity index (χ2v) is 10.2. The van der Waals surface area contributed by atoms with E-state index in [1.807, 2.05) is 37.4 Å². The van der Waals surface area contributed by atoms with Crippen LogP contribution in [0.5, 0.6) is 0 Å². The average Bonchev–Trinajstić information content (AvgIpc) is 2.79. The molecule has 2 aromatic carbocycles. The van der Waals surface area contributed by atoms with Gasteiger partial charge in [-0.3, -0.25) is 4.79 Å². The summed E-state index contributed by atoms with van der Waals surface area (Å²) in [7, 11) is 2.02. The monoisotopic (exact) mass is 512 g/mol. The highest BCUT2D eigenvalue weighted by molar-refractivity contribution is 6.76. The molecule has 2 N–H and O–H groups in total. The Hall–Kier alpha value is -1.64. The van der Waals surface area contributed by atoms with Crippen LogP contribution in [0, 0.1) is 0 Å². The summed E-state index contributed by atoms with van der Waals surface area (Å²) in [6, 6.07) is 14.7. The predicted molar refractivity (Wildman–Crippen MR) is 131 cm³/mol. The van der Waals surface area contributed by atoms with Crippen LogP contribution < -0.4 is 5.32 Å². The third-order valence-corrected chi connectivity index (χ3v) is 5.78. The number of aliphatic hydroxyl groups is 1. The smallest absolute Gasteiger partial charge is 0.276 e. The van der Waals surface area contributed by atoms with Crippen LogP contribution in [0.15, 0.2) is 61.2 Å². The van der Waals surface area contributed by atoms with Gasteiger partial charge in [-0.15, -0.1) is 6.58 Å². The maximum absolute atomic E-state index is 11.9. The van der Waals surface area contributed by atoms with E-state index in [0.29, 0.717) is 18.7 Å². The van der Waals surface area contributed by atoms with Gasteiger partial charge >= 0.3 is 0 Å². The Balaban J connectivity index is 1.78. The zero-order valence-corrected chi connectivity index (χ0v) is 20.5. The number of nitrogens with zero attached hydrogens (tertiary/aromatic N) is 1. The molecule has 1 fully saturated rings. The first-order chi connectivity index (χ1) is 15.7. The van der Waals surface area contributed by atoms with Gasteiger partial charge in [0.15, 0.2) is 6.29 Å². The Bertz CT molecular complexity index is 932. The number of amides is 1. The van der Waals surface area contributed by atoms with E-state index in [1.54, 1.807) is 24.3 Å². The Morgan fingerprint density at radius 1 is 1.15 bits per heavy atom. The van der Waals surface area contributed by atoms with E-state index >= 15 is 0 Å². The fourth-order valence-corrected chi connectivity index (χ4v) is 3.74. The second kappa shape index (κ2) is 11.7. The maximum Gasteiger partial charge on any atom is 0.276 e. The third kappa shape index (κ3) is 7.42. The maximum atomic E-state index is 11.9. The van der Waals surface area contributed by atoms with Gasteiger partial charge in [0.2, 0.25) is 0 Å². The van der Waals surface area contributed by atoms with Crippen molar-refractivity contribution in [3.05, 3.63) is 77.9 Å². The molecule has 1 aliphatic heterocycles. The molecule has 0 unspecified atom stereocenters. The number of hydrogen-bond donors (Lipinski definition) is 2. The van der Waals surface area contributed by atoms with Crippen molar-refractivity contribution in [1.82, 2.24) is 4.90 Å². The number of anilines is 1. The van der Waals surface area contributed by atoms with Crippen LogP contribution in [-0.4, -0.2) is 45.9 Å². The fraction of sp³-hybridized carbons (Fsp3) is 0.375. The molecule has 1 heterocycles. The Morgan fingerprint density at radius 2 is 1.79 bits per heavy atom. The van der Waals surface area contributed by atoms with Gasteiger partial charge in [0.25, 0.3) is 9.70 Å². The number of carbonyl (C=O) groups excluding carboxylic acids is 1. The molecule has 2 aromatic rings. The lowest BCUT2D eigenvalue weighted by Crippen LogP contribution is -2.37. The Kier molecular flexibility index (Phi) is 9.18. The Labute approximate surface area is 209 Å². The molecule has 0 aliphatic carbocycles. The normalized spacial score (nSPS) is 21.1. The topological polar surface area (TPSA) is 71.0 Å². The number of carbonyl (C=O) groups is 1. The van der Waals surface area contributed by atoms with Gasteiger partial charge in [0.1, 0.15) is 0 Å². The first-order valence-corrected chi connectivity index (χ1v) is 11.6. The lowest BCUT2D eigenvalue weighted by molar-refractivity contribution is -0.252. The molecular weight excluding hydrogens is 487 g/mol. The van der Waals surface area contributed by atoms with Gasteiger partial charge in [-0.2, -0.15) is 0 Å². The van der Waals surface area contributed by atoms with Crippen molar-refractivity contribution in [3.63, 3.8) is 0 Å². The predicted octanol–water partition coefficient (Wildman–Crippen LogP) is 5.15. The molecular formula is C24H27Cl3N2O4. The molecule has 6 nitrogen and oxygen atoms in total. The lowest BCUT2D eigenvalue weighted by atomic mass is 9.99. The third-order valence-electron chi connectivity index (χ3n) is 5.27. The van der Waals surface area contributed by atoms with E-state index in [-0.39, 0.29) is 18.8 Å². The van der Waals surface area contributed by atoms with E-state index in [4.69, 9.17) is 44.3 Å². The van der Waals surface area contributed by atoms with Crippen LogP contribution >= 0.6 is 34.8 Å². The SMILES string of the molecule is C=CCN(C)C[C@H]1C[C@@H](c2ccc(CO)cc2)O[C@@H](c2ccc(NC(=O)C(Cl)(Cl)Cl)cc2)O1. The highest BCUT2D eigenvalue weighted by Crippen LogP contribution is 2.38. The molecule has 0 bridgehead atoms. The summed E-state index contributed by atoms with van der Waals surface area (Å²) >= 11 is 16.8. The minimum atomic E-state index is -2.04. The number of benzene rings is 2. The zero-order valence-electron chi connectivity index (χ0n) is 18.2. The minimum Gasteiger partial charge on any atom is -0.392 e. The highest BCUT2D eigenvalue weighted by atomic mass is 35.6. The van der Waals surface area contributed by atoms with E-state index in [1.165, 1.54) is 0 Å². The van der Waals surface area contributed by atoms with Gasteiger partial charge in [0.05, 0.1) is 18.8 Å². The number of nitrogens with one attached hydrogen (secondary N) is 1. The number of aliphatic hydroxyl groups excluding tert-OH is 1. The van der Waals surface area contributed by atoms with Crippen LogP contribution in [0.3, 0.4) is 0 Å². The van der Waals surface area contributed by atoms with Crippen LogP contribution in [-0.2, 0) is 20.9 Å². The highest BCUT2D eigenvalue weighted by Gasteiger charge is 2.33. The average molecular weight is 514 g/mol. The van der Waals surface area contributed by atoms with E-state index in [0.717, 1.165) is 23.2 Å². The van der Waals surface area contributed by atoms with Crippen molar-refractivity contribution >= 4 is 46.4 Å². The molecule has 0 spiro atoms. The molecule has 0 radical (unpaired) electrons. The van der Waals surface area contributed by atoms with E-state index in [2.05, 4.69) is 16.8 Å². The number of ether oxygens (including phenoxy) is 2. The first kappa shape index (κ1) is 26.0. The standard InChI is InChI=1S/C24H27Cl3N2O4/c1-3-12-29(2)14-20-13-21(17-6-4-16(15-30)5-7-17)33-22(32-20)18-8-10-19(11-9-18)28-23(31)24(25,26)27/h3-11,20-22,30H,1,12-15H2,2H3,(H,28,31)/t20-,21+,22+/m1/s1. The molecule has 1 saturated heterocycles. The van der Waals surface area contributed by atoms with Crippen LogP contribution in [0.25, 0.3) is 0 Å². The van der Waals surface area contributed by atoms with Crippen molar-refractivity contribution in [2.75, 3.05) is 25.5 Å². The lowest BCUT2D eigenvalue weighted by Gasteiger charge is -2.37. The van der Waals surface area contributed by atoms with Crippen molar-refractivity contribution in [2.24, 2.45) is 0 Å². The van der Waals surface area contributed by atoms with E-state index in [9.17, 15) is 9.90 Å². The van der Waals surface area contributed by atoms with Gasteiger partial charge in [-0.1, -0.05) is 77.3 Å². The van der Waals surface area contributed by atoms with Crippen molar-refractivity contribution < 1.29 is 19.4 Å². The minimum absolute atomic E-state index is 0.00627. The van der Waals surface area contributed by atoms with Crippen LogP contribution in [0.1, 0.15) is 35.5 Å². The van der Waals surface area contributed by atoms with Crippen LogP contribution in [0.4, 0.5) is 5.69 Å². The summed E-state index contributed by atoms with van der Waals surface area (Å²) in [6.07, 6.45) is 1.70. The zero-order chi connectivity index (χ0) is 24.0. The summed E-state index contributed by atoms with van der Waals surface area (Å²) in [5.41, 5.74) is 3.15. The van der Waals surface area contributed by atoms with Crippen molar-refractivity contribution in [3.8, 4) is 0 Å². The van der Waals surface area contributed by atoms with Crippen molar-refractivity contribution in [1.29, 1.82) is 0 Å². The second-order valence-electron chi connectivity index (χ2n) is 7.93. The molecule has 33 heavy (non-hydrogen) atoms. The summed E-state index contributed by atoms with van der Waals surface area (Å²) in [5.74, 6) is -0.734. The molecule has 3 atom stereocenters. The summed E-state index contributed by atoms with van der Waals surface area (Å²) < 4.78 is 10.5. The van der Waals surface area contributed by atoms with Gasteiger partial charge in [-0.05, 0) is 30.3 Å². The summed E-state index contributed by atoms with van der Waals surface area (Å²) in [5, 5.41) is 11.9.